The molecule has 50 heavy (non-hydrogen) atoms. The number of fused-ring (bicyclic) bond motifs is 1. The third kappa shape index (κ3) is 9.78. The molecular weight excluding hydrogens is 640 g/mol. The number of para-hydroxylation sites is 1. The number of nitrogens with zero attached hydrogens (tertiary/aromatic N) is 3. The number of carboxylic acid groups (broad SMARTS) is 1. The number of nitrogens with one attached hydrogen (secondary N) is 1. The second-order valence-corrected chi connectivity index (χ2v) is 15.2. The molecule has 3 heterocycles. The van der Waals surface area contributed by atoms with Crippen LogP contribution in [0.15, 0.2) is 24.3 Å². The molecule has 0 bridgehead atoms. The Morgan fingerprint density at radius 1 is 1.00 bits per heavy atom. The number of pyridine rings is 1. The van der Waals surface area contributed by atoms with Gasteiger partial charge in [0.25, 0.3) is 0 Å². The largest absolute Gasteiger partial charge is 0.489 e. The summed E-state index contributed by atoms with van der Waals surface area (Å²) in [6, 6.07) is 5.95. The Morgan fingerprint density at radius 3 is 2.40 bits per heavy atom. The highest BCUT2D eigenvalue weighted by Crippen LogP contribution is 2.40. The lowest BCUT2D eigenvalue weighted by Gasteiger charge is -2.34. The van der Waals surface area contributed by atoms with Gasteiger partial charge in [0, 0.05) is 38.6 Å². The molecule has 2 saturated heterocycles. The predicted molar refractivity (Wildman–Crippen MR) is 190 cm³/mol. The van der Waals surface area contributed by atoms with E-state index in [2.05, 4.69) is 16.3 Å². The molecule has 2 amide bonds. The number of esters is 1. The van der Waals surface area contributed by atoms with Gasteiger partial charge in [-0.25, -0.2) is 14.6 Å². The average molecular weight is 697 g/mol. The van der Waals surface area contributed by atoms with E-state index in [9.17, 15) is 19.5 Å². The fourth-order valence-electron chi connectivity index (χ4n) is 7.19. The third-order valence-electron chi connectivity index (χ3n) is 10.2. The molecule has 1 unspecified atom stereocenters. The first kappa shape index (κ1) is 37.6. The van der Waals surface area contributed by atoms with Crippen LogP contribution in [0.5, 0.6) is 11.6 Å². The number of carbonyl (C=O) groups is 3. The van der Waals surface area contributed by atoms with Gasteiger partial charge in [-0.3, -0.25) is 4.79 Å². The van der Waals surface area contributed by atoms with E-state index in [4.69, 9.17) is 23.9 Å². The fraction of sp³-hybridized carbons (Fsp3) is 0.684. The first-order chi connectivity index (χ1) is 24.0. The highest BCUT2D eigenvalue weighted by molar-refractivity contribution is 5.91. The van der Waals surface area contributed by atoms with Crippen LogP contribution in [0.25, 0.3) is 10.9 Å². The van der Waals surface area contributed by atoms with E-state index in [1.165, 1.54) is 37.7 Å². The minimum absolute atomic E-state index is 0.0421. The first-order valence-electron chi connectivity index (χ1n) is 18.3. The second-order valence-electron chi connectivity index (χ2n) is 15.2. The summed E-state index contributed by atoms with van der Waals surface area (Å²) in [5, 5.41) is 12.8. The molecule has 2 N–H and O–H groups in total. The molecule has 3 fully saturated rings. The first-order valence-corrected chi connectivity index (χ1v) is 18.3. The average Bonchev–Trinajstić information content (AvgIpc) is 3.83. The van der Waals surface area contributed by atoms with Crippen molar-refractivity contribution in [3.63, 3.8) is 0 Å². The van der Waals surface area contributed by atoms with Gasteiger partial charge in [0.15, 0.2) is 0 Å². The summed E-state index contributed by atoms with van der Waals surface area (Å²) in [6.07, 6.45) is 8.10. The zero-order chi connectivity index (χ0) is 35.8. The SMILES string of the molecule is COCCN1CCC(Oc2c(CCCCCC3CC3)c(OC3C[C@@H](C(=O)OC)N(C(=O)[C@@H](NC(=O)O)C(C)(C)C)C3)nc3ccccc23)CC1. The predicted octanol–water partition coefficient (Wildman–Crippen LogP) is 5.44. The Labute approximate surface area is 296 Å². The zero-order valence-corrected chi connectivity index (χ0v) is 30.4. The smallest absolute Gasteiger partial charge is 0.405 e. The minimum atomic E-state index is -1.31. The van der Waals surface area contributed by atoms with E-state index in [0.29, 0.717) is 12.5 Å². The summed E-state index contributed by atoms with van der Waals surface area (Å²) in [7, 11) is 3.02. The van der Waals surface area contributed by atoms with Gasteiger partial charge < -0.3 is 39.2 Å². The third-order valence-corrected chi connectivity index (χ3v) is 10.2. The van der Waals surface area contributed by atoms with Crippen LogP contribution in [0.3, 0.4) is 0 Å². The molecule has 1 aromatic carbocycles. The van der Waals surface area contributed by atoms with Crippen molar-refractivity contribution >= 4 is 28.9 Å². The molecular formula is C38H56N4O8. The number of aromatic nitrogens is 1. The molecule has 2 aliphatic heterocycles. The summed E-state index contributed by atoms with van der Waals surface area (Å²) in [5.74, 6) is 1.08. The van der Waals surface area contributed by atoms with Crippen molar-refractivity contribution in [2.45, 2.75) is 109 Å². The molecule has 2 aromatic rings. The number of hydrogen-bond donors (Lipinski definition) is 2. The number of methoxy groups -OCH3 is 2. The summed E-state index contributed by atoms with van der Waals surface area (Å²) < 4.78 is 24.0. The van der Waals surface area contributed by atoms with E-state index in [0.717, 1.165) is 79.9 Å². The number of rotatable bonds is 16. The molecule has 12 nitrogen and oxygen atoms in total. The maximum Gasteiger partial charge on any atom is 0.405 e. The van der Waals surface area contributed by atoms with Crippen LogP contribution in [0.2, 0.25) is 0 Å². The molecule has 1 saturated carbocycles. The van der Waals surface area contributed by atoms with E-state index >= 15 is 0 Å². The van der Waals surface area contributed by atoms with Crippen molar-refractivity contribution < 1.29 is 38.4 Å². The van der Waals surface area contributed by atoms with Crippen molar-refractivity contribution in [1.29, 1.82) is 0 Å². The van der Waals surface area contributed by atoms with Crippen molar-refractivity contribution in [3.05, 3.63) is 29.8 Å². The van der Waals surface area contributed by atoms with Gasteiger partial charge in [-0.15, -0.1) is 0 Å². The zero-order valence-electron chi connectivity index (χ0n) is 30.4. The number of ether oxygens (including phenoxy) is 4. The summed E-state index contributed by atoms with van der Waals surface area (Å²) in [6.45, 7) is 8.91. The van der Waals surface area contributed by atoms with E-state index < -0.39 is 41.6 Å². The standard InChI is InChI=1S/C38H56N4O8/c1-38(2,3)33(40-37(45)46)35(43)42-24-27(23-31(42)36(44)48-5)50-34-29(13-8-6-7-11-25-15-16-25)32(28-12-9-10-14-30(28)39-34)49-26-17-19-41(20-18-26)21-22-47-4/h9-10,12,14,25-27,31,33,40H,6-8,11,13,15-24H2,1-5H3,(H,45,46)/t27?,31-,33+/m0/s1. The van der Waals surface area contributed by atoms with Gasteiger partial charge in [-0.1, -0.05) is 65.0 Å². The molecule has 0 radical (unpaired) electrons. The number of amides is 2. The van der Waals surface area contributed by atoms with E-state index in [1.54, 1.807) is 27.9 Å². The Bertz CT molecular complexity index is 1470. The number of hydrogen-bond acceptors (Lipinski definition) is 9. The summed E-state index contributed by atoms with van der Waals surface area (Å²) in [5.41, 5.74) is 0.922. The summed E-state index contributed by atoms with van der Waals surface area (Å²) in [4.78, 5) is 47.4. The Balaban J connectivity index is 1.43. The Morgan fingerprint density at radius 2 is 1.74 bits per heavy atom. The molecule has 3 atom stereocenters. The van der Waals surface area contributed by atoms with Crippen LogP contribution in [0, 0.1) is 11.3 Å². The minimum Gasteiger partial charge on any atom is -0.489 e. The van der Waals surface area contributed by atoms with Gasteiger partial charge in [0.05, 0.1) is 31.3 Å². The Kier molecular flexibility index (Phi) is 12.8. The normalized spacial score (nSPS) is 20.9. The van der Waals surface area contributed by atoms with Gasteiger partial charge >= 0.3 is 12.1 Å². The van der Waals surface area contributed by atoms with E-state index in [1.807, 2.05) is 18.2 Å². The van der Waals surface area contributed by atoms with Gasteiger partial charge in [0.2, 0.25) is 11.8 Å². The maximum absolute atomic E-state index is 13.9. The molecule has 0 spiro atoms. The van der Waals surface area contributed by atoms with Crippen LogP contribution in [0.1, 0.15) is 84.1 Å². The Hall–Kier alpha value is -3.64. The number of piperidine rings is 1. The molecule has 1 aliphatic carbocycles. The van der Waals surface area contributed by atoms with Gasteiger partial charge in [-0.05, 0) is 49.1 Å². The van der Waals surface area contributed by atoms with Crippen molar-refractivity contribution in [1.82, 2.24) is 20.1 Å². The van der Waals surface area contributed by atoms with Crippen molar-refractivity contribution in [2.75, 3.05) is 47.0 Å². The van der Waals surface area contributed by atoms with Crippen LogP contribution in [-0.2, 0) is 25.5 Å². The molecule has 5 rings (SSSR count). The monoisotopic (exact) mass is 696 g/mol. The van der Waals surface area contributed by atoms with Gasteiger partial charge in [-0.2, -0.15) is 0 Å². The topological polar surface area (TPSA) is 140 Å². The molecule has 1 aromatic heterocycles. The molecule has 3 aliphatic rings. The fourth-order valence-corrected chi connectivity index (χ4v) is 7.19. The van der Waals surface area contributed by atoms with Crippen molar-refractivity contribution in [3.8, 4) is 11.6 Å². The number of benzene rings is 1. The maximum atomic E-state index is 13.9. The highest BCUT2D eigenvalue weighted by Gasteiger charge is 2.46. The number of likely N-dealkylation sites (tertiary alicyclic amines) is 2. The van der Waals surface area contributed by atoms with Crippen LogP contribution < -0.4 is 14.8 Å². The highest BCUT2D eigenvalue weighted by atomic mass is 16.5. The second kappa shape index (κ2) is 17.0. The lowest BCUT2D eigenvalue weighted by molar-refractivity contribution is -0.152. The molecule has 276 valence electrons. The summed E-state index contributed by atoms with van der Waals surface area (Å²) >= 11 is 0. The van der Waals surface area contributed by atoms with Crippen LogP contribution in [0.4, 0.5) is 4.79 Å². The lowest BCUT2D eigenvalue weighted by Crippen LogP contribution is -2.56. The van der Waals surface area contributed by atoms with Gasteiger partial charge in [0.1, 0.15) is 30.0 Å². The van der Waals surface area contributed by atoms with Crippen LogP contribution in [-0.4, -0.2) is 109 Å². The quantitative estimate of drug-likeness (QED) is 0.172. The van der Waals surface area contributed by atoms with E-state index in [-0.39, 0.29) is 19.1 Å². The molecule has 12 heteroatoms. The van der Waals surface area contributed by atoms with Crippen LogP contribution >= 0.6 is 0 Å². The lowest BCUT2D eigenvalue weighted by atomic mass is 9.85. The van der Waals surface area contributed by atoms with Crippen molar-refractivity contribution in [2.24, 2.45) is 11.3 Å². The number of unbranched alkanes of at least 4 members (excludes halogenated alkanes) is 2. The number of carbonyl (C=O) groups excluding carboxylic acids is 2.